The van der Waals surface area contributed by atoms with Crippen molar-refractivity contribution in [3.05, 3.63) is 65.4 Å². The molecular weight excluding hydrogens is 306 g/mol. The third kappa shape index (κ3) is 2.77. The minimum atomic E-state index is 0.479. The Bertz CT molecular complexity index is 895. The first kappa shape index (κ1) is 15.2. The molecule has 2 bridgehead atoms. The van der Waals surface area contributed by atoms with E-state index in [2.05, 4.69) is 64.5 Å². The molecule has 1 saturated heterocycles. The predicted molar refractivity (Wildman–Crippen MR) is 101 cm³/mol. The molecule has 2 atom stereocenters. The summed E-state index contributed by atoms with van der Waals surface area (Å²) in [6.07, 6.45) is 7.24. The number of likely N-dealkylation sites (tertiary alicyclic amines) is 1. The monoisotopic (exact) mass is 331 g/mol. The summed E-state index contributed by atoms with van der Waals surface area (Å²) in [5.41, 5.74) is 5.88. The molecule has 3 heteroatoms. The Morgan fingerprint density at radius 3 is 2.88 bits per heavy atom. The van der Waals surface area contributed by atoms with Gasteiger partial charge in [0.1, 0.15) is 0 Å². The molecule has 0 radical (unpaired) electrons. The second-order valence-corrected chi connectivity index (χ2v) is 8.26. The van der Waals surface area contributed by atoms with Crippen molar-refractivity contribution in [3.63, 3.8) is 0 Å². The number of rotatable bonds is 4. The van der Waals surface area contributed by atoms with Crippen LogP contribution in [0.15, 0.2) is 48.7 Å². The summed E-state index contributed by atoms with van der Waals surface area (Å²) in [6, 6.07) is 16.6. The van der Waals surface area contributed by atoms with Gasteiger partial charge in [-0.15, -0.1) is 0 Å². The van der Waals surface area contributed by atoms with Crippen molar-refractivity contribution in [2.24, 2.45) is 5.41 Å². The van der Waals surface area contributed by atoms with E-state index in [0.29, 0.717) is 5.41 Å². The number of fused-ring (bicyclic) bond motifs is 3. The summed E-state index contributed by atoms with van der Waals surface area (Å²) < 4.78 is 0. The molecule has 128 valence electrons. The van der Waals surface area contributed by atoms with Crippen LogP contribution >= 0.6 is 0 Å². The van der Waals surface area contributed by atoms with Gasteiger partial charge in [0.25, 0.3) is 0 Å². The lowest BCUT2D eigenvalue weighted by molar-refractivity contribution is 0.164. The van der Waals surface area contributed by atoms with Gasteiger partial charge >= 0.3 is 0 Å². The number of aromatic amines is 1. The highest BCUT2D eigenvalue weighted by Crippen LogP contribution is 2.50. The second kappa shape index (κ2) is 5.70. The van der Waals surface area contributed by atoms with Gasteiger partial charge in [-0.3, -0.25) is 10.00 Å². The highest BCUT2D eigenvalue weighted by Gasteiger charge is 2.48. The Labute approximate surface area is 149 Å². The molecular formula is C22H25N3. The third-order valence-corrected chi connectivity index (χ3v) is 6.32. The van der Waals surface area contributed by atoms with Gasteiger partial charge in [-0.05, 0) is 61.3 Å². The number of hydrogen-bond acceptors (Lipinski definition) is 2. The molecule has 1 aliphatic carbocycles. The van der Waals surface area contributed by atoms with Crippen molar-refractivity contribution in [2.45, 2.75) is 45.2 Å². The smallest absolute Gasteiger partial charge is 0.0650 e. The van der Waals surface area contributed by atoms with E-state index in [1.807, 2.05) is 6.20 Å². The summed E-state index contributed by atoms with van der Waals surface area (Å²) >= 11 is 0. The van der Waals surface area contributed by atoms with Gasteiger partial charge < -0.3 is 0 Å². The fourth-order valence-electron chi connectivity index (χ4n) is 5.06. The van der Waals surface area contributed by atoms with Gasteiger partial charge in [0.05, 0.1) is 11.7 Å². The van der Waals surface area contributed by atoms with Crippen molar-refractivity contribution in [1.82, 2.24) is 15.1 Å². The number of piperidine rings is 1. The number of nitrogens with zero attached hydrogens (tertiary/aromatic N) is 2. The van der Waals surface area contributed by atoms with E-state index in [-0.39, 0.29) is 0 Å². The number of aromatic nitrogens is 2. The van der Waals surface area contributed by atoms with Crippen LogP contribution in [-0.2, 0) is 13.0 Å². The highest BCUT2D eigenvalue weighted by atomic mass is 15.2. The molecule has 2 aliphatic rings. The summed E-state index contributed by atoms with van der Waals surface area (Å²) in [6.45, 7) is 4.51. The molecule has 3 aromatic rings. The van der Waals surface area contributed by atoms with Crippen LogP contribution < -0.4 is 0 Å². The molecule has 25 heavy (non-hydrogen) atoms. The summed E-state index contributed by atoms with van der Waals surface area (Å²) in [7, 11) is 0. The Balaban J connectivity index is 1.33. The van der Waals surface area contributed by atoms with Crippen LogP contribution in [-0.4, -0.2) is 27.7 Å². The molecule has 2 heterocycles. The maximum atomic E-state index is 4.15. The first-order valence-electron chi connectivity index (χ1n) is 9.41. The maximum Gasteiger partial charge on any atom is 0.0650 e. The van der Waals surface area contributed by atoms with Gasteiger partial charge in [0.2, 0.25) is 0 Å². The number of H-pyrrole nitrogens is 1. The fourth-order valence-corrected chi connectivity index (χ4v) is 5.06. The van der Waals surface area contributed by atoms with Crippen LogP contribution in [0.1, 0.15) is 36.0 Å². The quantitative estimate of drug-likeness (QED) is 0.765. The lowest BCUT2D eigenvalue weighted by Gasteiger charge is -2.33. The Morgan fingerprint density at radius 2 is 2.00 bits per heavy atom. The number of nitrogens with one attached hydrogen (secondary N) is 1. The number of hydrogen-bond donors (Lipinski definition) is 1. The molecule has 0 spiro atoms. The zero-order chi connectivity index (χ0) is 16.9. The molecule has 0 amide bonds. The van der Waals surface area contributed by atoms with Gasteiger partial charge in [0, 0.05) is 24.5 Å². The fraction of sp³-hybridized carbons (Fsp3) is 0.409. The van der Waals surface area contributed by atoms with E-state index >= 15 is 0 Å². The molecule has 1 aromatic heterocycles. The topological polar surface area (TPSA) is 31.9 Å². The van der Waals surface area contributed by atoms with Crippen molar-refractivity contribution in [2.75, 3.05) is 6.54 Å². The first-order valence-corrected chi connectivity index (χ1v) is 9.41. The van der Waals surface area contributed by atoms with E-state index < -0.39 is 0 Å². The van der Waals surface area contributed by atoms with E-state index in [0.717, 1.165) is 18.1 Å². The Hall–Kier alpha value is -2.13. The van der Waals surface area contributed by atoms with Crippen molar-refractivity contribution in [1.29, 1.82) is 0 Å². The Morgan fingerprint density at radius 1 is 1.16 bits per heavy atom. The van der Waals surface area contributed by atoms with Gasteiger partial charge in [-0.2, -0.15) is 5.10 Å². The zero-order valence-corrected chi connectivity index (χ0v) is 14.8. The minimum absolute atomic E-state index is 0.479. The van der Waals surface area contributed by atoms with E-state index in [1.54, 1.807) is 0 Å². The summed E-state index contributed by atoms with van der Waals surface area (Å²) in [5, 5.41) is 8.44. The van der Waals surface area contributed by atoms with Gasteiger partial charge in [-0.1, -0.05) is 35.9 Å². The first-order chi connectivity index (χ1) is 12.2. The second-order valence-electron chi connectivity index (χ2n) is 8.26. The lowest BCUT2D eigenvalue weighted by Crippen LogP contribution is -2.35. The van der Waals surface area contributed by atoms with E-state index in [4.69, 9.17) is 0 Å². The highest BCUT2D eigenvalue weighted by molar-refractivity contribution is 5.78. The summed E-state index contributed by atoms with van der Waals surface area (Å²) in [4.78, 5) is 2.73. The predicted octanol–water partition coefficient (Wildman–Crippen LogP) is 4.47. The number of benzene rings is 2. The minimum Gasteiger partial charge on any atom is -0.296 e. The van der Waals surface area contributed by atoms with E-state index in [1.165, 1.54) is 54.3 Å². The average Bonchev–Trinajstić information content (AvgIpc) is 3.30. The molecule has 3 nitrogen and oxygen atoms in total. The molecule has 5 rings (SSSR count). The molecule has 2 fully saturated rings. The average molecular weight is 331 g/mol. The zero-order valence-electron chi connectivity index (χ0n) is 14.8. The summed E-state index contributed by atoms with van der Waals surface area (Å²) in [5.74, 6) is 0. The van der Waals surface area contributed by atoms with Crippen LogP contribution in [0.25, 0.3) is 10.9 Å². The van der Waals surface area contributed by atoms with Crippen molar-refractivity contribution < 1.29 is 0 Å². The van der Waals surface area contributed by atoms with Crippen LogP contribution in [0.5, 0.6) is 0 Å². The van der Waals surface area contributed by atoms with E-state index in [9.17, 15) is 0 Å². The number of aryl methyl sites for hydroxylation is 1. The van der Waals surface area contributed by atoms with Crippen LogP contribution in [0.3, 0.4) is 0 Å². The molecule has 1 aliphatic heterocycles. The van der Waals surface area contributed by atoms with Crippen molar-refractivity contribution >= 4 is 10.9 Å². The van der Waals surface area contributed by atoms with Gasteiger partial charge in [-0.25, -0.2) is 0 Å². The van der Waals surface area contributed by atoms with Gasteiger partial charge in [0.15, 0.2) is 0 Å². The third-order valence-electron chi connectivity index (χ3n) is 6.32. The molecule has 2 aromatic carbocycles. The molecule has 1 N–H and O–H groups in total. The normalized spacial score (nSPS) is 25.9. The Kier molecular flexibility index (Phi) is 3.46. The van der Waals surface area contributed by atoms with Crippen LogP contribution in [0.4, 0.5) is 0 Å². The SMILES string of the molecule is Cc1ccc(CN2CC3(Cc4ccc5[nH]ncc5c4)CCC2C3)cc1. The molecule has 2 unspecified atom stereocenters. The molecule has 1 saturated carbocycles. The standard InChI is InChI=1S/C22H25N3/c1-16-2-4-17(5-3-16)14-25-15-22(9-8-20(25)12-22)11-18-6-7-21-19(10-18)13-23-24-21/h2-7,10,13,20H,8-9,11-12,14-15H2,1H3,(H,23,24). The largest absolute Gasteiger partial charge is 0.296 e. The van der Waals surface area contributed by atoms with Crippen LogP contribution in [0, 0.1) is 12.3 Å². The lowest BCUT2D eigenvalue weighted by atomic mass is 9.81. The maximum absolute atomic E-state index is 4.15. The van der Waals surface area contributed by atoms with Crippen LogP contribution in [0.2, 0.25) is 0 Å². The van der Waals surface area contributed by atoms with Crippen molar-refractivity contribution in [3.8, 4) is 0 Å².